The zero-order valence-corrected chi connectivity index (χ0v) is 4.97. The van der Waals surface area contributed by atoms with Gasteiger partial charge in [0.05, 0.1) is 0 Å². The van der Waals surface area contributed by atoms with E-state index in [9.17, 15) is 4.57 Å². The first kappa shape index (κ1) is 10.6. The Hall–Kier alpha value is 1.67. The van der Waals surface area contributed by atoms with Gasteiger partial charge in [-0.2, -0.15) is 0 Å². The second kappa shape index (κ2) is 3.64. The van der Waals surface area contributed by atoms with Crippen LogP contribution >= 0.6 is 6.29 Å². The maximum absolute atomic E-state index is 9.30. The van der Waals surface area contributed by atoms with Gasteiger partial charge in [0.25, 0.3) is 0 Å². The summed E-state index contributed by atoms with van der Waals surface area (Å²) in [5.74, 6) is 0. The van der Waals surface area contributed by atoms with Gasteiger partial charge in [0.15, 0.2) is 0 Å². The van der Waals surface area contributed by atoms with E-state index in [2.05, 4.69) is 0 Å². The molecule has 0 heterocycles. The van der Waals surface area contributed by atoms with Gasteiger partial charge in [-0.25, -0.2) is 0 Å². The fourth-order valence-corrected chi connectivity index (χ4v) is 0. The molecular formula is H4NaO3PSe. The average Bonchev–Trinajstić information content (AvgIpc) is 0.722. The van der Waals surface area contributed by atoms with E-state index in [0.717, 1.165) is 0 Å². The summed E-state index contributed by atoms with van der Waals surface area (Å²) in [5, 5.41) is 0. The van der Waals surface area contributed by atoms with Crippen LogP contribution in [0.15, 0.2) is 0 Å². The Morgan fingerprint density at radius 3 is 1.50 bits per heavy atom. The van der Waals surface area contributed by atoms with Crippen molar-refractivity contribution in [2.75, 3.05) is 0 Å². The fourth-order valence-electron chi connectivity index (χ4n) is 0. The summed E-state index contributed by atoms with van der Waals surface area (Å²) in [6, 6.07) is 0. The van der Waals surface area contributed by atoms with Gasteiger partial charge < -0.3 is 0 Å². The van der Waals surface area contributed by atoms with Crippen molar-refractivity contribution in [2.24, 2.45) is 0 Å². The van der Waals surface area contributed by atoms with Gasteiger partial charge in [-0.05, 0) is 0 Å². The van der Waals surface area contributed by atoms with Crippen molar-refractivity contribution in [1.82, 2.24) is 0 Å². The summed E-state index contributed by atoms with van der Waals surface area (Å²) in [7, 11) is 0. The summed E-state index contributed by atoms with van der Waals surface area (Å²) in [4.78, 5) is 15.2. The van der Waals surface area contributed by atoms with Crippen molar-refractivity contribution in [2.45, 2.75) is 0 Å². The van der Waals surface area contributed by atoms with Crippen molar-refractivity contribution < 1.29 is 14.4 Å². The van der Waals surface area contributed by atoms with Gasteiger partial charge in [-0.1, -0.05) is 0 Å². The molecule has 0 rings (SSSR count). The first-order valence-corrected chi connectivity index (χ1v) is 4.87. The summed E-state index contributed by atoms with van der Waals surface area (Å²) < 4.78 is 9.30. The summed E-state index contributed by atoms with van der Waals surface area (Å²) in [5.41, 5.74) is 0. The minimum atomic E-state index is -3.70. The maximum atomic E-state index is 9.30. The zero-order chi connectivity index (χ0) is 4.50. The van der Waals surface area contributed by atoms with Crippen LogP contribution < -0.4 is 0 Å². The predicted molar refractivity (Wildman–Crippen MR) is 26.3 cm³/mol. The fraction of sp³-hybridized carbons (Fsp3) is 0. The van der Waals surface area contributed by atoms with E-state index in [-0.39, 0.29) is 29.6 Å². The van der Waals surface area contributed by atoms with E-state index in [1.807, 2.05) is 0 Å². The van der Waals surface area contributed by atoms with Crippen molar-refractivity contribution in [3.8, 4) is 0 Å². The van der Waals surface area contributed by atoms with Gasteiger partial charge in [0.1, 0.15) is 0 Å². The van der Waals surface area contributed by atoms with Crippen LogP contribution in [0.2, 0.25) is 0 Å². The molecule has 0 fully saturated rings. The second-order valence-electron chi connectivity index (χ2n) is 0.513. The summed E-state index contributed by atoms with van der Waals surface area (Å²) >= 11 is 1.25. The molecule has 0 unspecified atom stereocenters. The molecule has 6 heavy (non-hydrogen) atoms. The van der Waals surface area contributed by atoms with Crippen LogP contribution in [-0.2, 0) is 4.57 Å². The zero-order valence-electron chi connectivity index (χ0n) is 2.20. The summed E-state index contributed by atoms with van der Waals surface area (Å²) in [6.45, 7) is 0. The van der Waals surface area contributed by atoms with Crippen LogP contribution in [0.1, 0.15) is 0 Å². The Kier molecular flexibility index (Phi) is 6.45. The van der Waals surface area contributed by atoms with Gasteiger partial charge in [-0.3, -0.25) is 0 Å². The number of hydrogen-bond donors (Lipinski definition) is 2. The van der Waals surface area contributed by atoms with E-state index < -0.39 is 6.29 Å². The molecule has 0 aromatic heterocycles. The monoisotopic (exact) mass is 186 g/mol. The van der Waals surface area contributed by atoms with Crippen molar-refractivity contribution in [3.05, 3.63) is 0 Å². The Balaban J connectivity index is 0. The quantitative estimate of drug-likeness (QED) is 0.350. The van der Waals surface area contributed by atoms with Gasteiger partial charge in [0, 0.05) is 0 Å². The molecule has 6 heteroatoms. The van der Waals surface area contributed by atoms with E-state index in [4.69, 9.17) is 9.79 Å². The van der Waals surface area contributed by atoms with Crippen LogP contribution in [0.5, 0.6) is 0 Å². The van der Waals surface area contributed by atoms with Crippen LogP contribution in [0, 0.1) is 0 Å². The molecule has 0 atom stereocenters. The molecule has 0 saturated carbocycles. The molecule has 0 aliphatic heterocycles. The Bertz CT molecular complexity index is 56.9. The molecule has 0 aromatic rings. The van der Waals surface area contributed by atoms with Crippen molar-refractivity contribution in [1.29, 1.82) is 0 Å². The molecule has 3 nitrogen and oxygen atoms in total. The van der Waals surface area contributed by atoms with Crippen LogP contribution in [-0.4, -0.2) is 54.9 Å². The Morgan fingerprint density at radius 1 is 1.50 bits per heavy atom. The normalized spacial score (nSPS) is 9.83. The first-order chi connectivity index (χ1) is 2.00. The molecule has 0 amide bonds. The van der Waals surface area contributed by atoms with E-state index in [0.29, 0.717) is 0 Å². The molecule has 0 saturated heterocycles. The Morgan fingerprint density at radius 2 is 1.50 bits per heavy atom. The van der Waals surface area contributed by atoms with E-state index in [1.165, 1.54) is 15.6 Å². The SMILES string of the molecule is O=P(O)(O)[SeH].[NaH]. The molecule has 0 radical (unpaired) electrons. The van der Waals surface area contributed by atoms with E-state index >= 15 is 0 Å². The molecule has 0 spiro atoms. The summed E-state index contributed by atoms with van der Waals surface area (Å²) in [6.07, 6.45) is -3.70. The third-order valence-electron chi connectivity index (χ3n) is 0. The molecule has 0 aliphatic rings. The van der Waals surface area contributed by atoms with Crippen LogP contribution in [0.4, 0.5) is 0 Å². The van der Waals surface area contributed by atoms with Crippen molar-refractivity contribution >= 4 is 51.4 Å². The van der Waals surface area contributed by atoms with Gasteiger partial charge >= 0.3 is 65.8 Å². The third kappa shape index (κ3) is 44.4. The molecule has 34 valence electrons. The van der Waals surface area contributed by atoms with Crippen LogP contribution in [0.25, 0.3) is 0 Å². The molecule has 2 N–H and O–H groups in total. The van der Waals surface area contributed by atoms with E-state index in [1.54, 1.807) is 0 Å². The van der Waals surface area contributed by atoms with Crippen LogP contribution in [0.3, 0.4) is 0 Å². The molecular weight excluding hydrogens is 181 g/mol. The Labute approximate surface area is 65.4 Å². The third-order valence-corrected chi connectivity index (χ3v) is 0. The number of rotatable bonds is 0. The van der Waals surface area contributed by atoms with Gasteiger partial charge in [0.2, 0.25) is 0 Å². The standard InChI is InChI=1S/Na.H3O3PSe.H/c;1-4(2,3)5;/h;(H3,1,2,3,5);. The average molecular weight is 185 g/mol. The number of hydrogen-bond acceptors (Lipinski definition) is 1. The molecule has 0 bridgehead atoms. The second-order valence-corrected chi connectivity index (χ2v) is 4.82. The van der Waals surface area contributed by atoms with Gasteiger partial charge in [-0.15, -0.1) is 0 Å². The molecule has 0 aromatic carbocycles. The molecule has 0 aliphatic carbocycles. The topological polar surface area (TPSA) is 57.5 Å². The minimum absolute atomic E-state index is 0. The predicted octanol–water partition coefficient (Wildman–Crippen LogP) is -1.67. The first-order valence-electron chi connectivity index (χ1n) is 0.783. The van der Waals surface area contributed by atoms with Crippen molar-refractivity contribution in [3.63, 3.8) is 0 Å².